The number of rotatable bonds is 5. The zero-order valence-corrected chi connectivity index (χ0v) is 18.4. The molecule has 1 unspecified atom stereocenters. The normalized spacial score (nSPS) is 28.8. The number of carboxylic acids is 1. The van der Waals surface area contributed by atoms with Crippen LogP contribution in [0.25, 0.3) is 0 Å². The predicted molar refractivity (Wildman–Crippen MR) is 121 cm³/mol. The lowest BCUT2D eigenvalue weighted by atomic mass is 9.61. The summed E-state index contributed by atoms with van der Waals surface area (Å²) in [6.45, 7) is 0. The van der Waals surface area contributed by atoms with E-state index in [-0.39, 0.29) is 29.3 Å². The molecule has 1 heterocycles. The third-order valence-corrected chi connectivity index (χ3v) is 7.97. The van der Waals surface area contributed by atoms with Crippen LogP contribution in [0.1, 0.15) is 53.6 Å². The van der Waals surface area contributed by atoms with Gasteiger partial charge < -0.3 is 20.1 Å². The van der Waals surface area contributed by atoms with E-state index in [0.717, 1.165) is 37.7 Å². The number of halogens is 1. The highest BCUT2D eigenvalue weighted by Gasteiger charge is 2.47. The molecule has 2 aromatic carbocycles. The Hall–Kier alpha value is -2.70. The number of aryl methyl sites for hydroxylation is 1. The van der Waals surface area contributed by atoms with E-state index in [1.807, 2.05) is 6.08 Å². The first-order valence-corrected chi connectivity index (χ1v) is 11.7. The van der Waals surface area contributed by atoms with Crippen molar-refractivity contribution in [3.05, 3.63) is 77.1 Å². The summed E-state index contributed by atoms with van der Waals surface area (Å²) in [5, 5.41) is 31.2. The molecule has 0 bridgehead atoms. The fraction of sp³-hybridized carbons (Fsp3) is 0.444. The molecule has 1 aliphatic heterocycles. The molecule has 3 aliphatic rings. The highest BCUT2D eigenvalue weighted by Crippen LogP contribution is 2.48. The van der Waals surface area contributed by atoms with Gasteiger partial charge in [-0.2, -0.15) is 0 Å². The lowest BCUT2D eigenvalue weighted by Crippen LogP contribution is -2.45. The van der Waals surface area contributed by atoms with Crippen LogP contribution in [0.4, 0.5) is 4.39 Å². The molecule has 6 heteroatoms. The Morgan fingerprint density at radius 3 is 2.70 bits per heavy atom. The lowest BCUT2D eigenvalue weighted by molar-refractivity contribution is 0.0587. The minimum atomic E-state index is -0.997. The first-order valence-electron chi connectivity index (χ1n) is 11.7. The van der Waals surface area contributed by atoms with Crippen LogP contribution < -0.4 is 4.74 Å². The summed E-state index contributed by atoms with van der Waals surface area (Å²) in [6, 6.07) is 11.6. The first-order chi connectivity index (χ1) is 15.9. The number of aromatic carboxylic acids is 1. The van der Waals surface area contributed by atoms with E-state index in [4.69, 9.17) is 4.74 Å². The Balaban J connectivity index is 1.35. The molecule has 174 valence electrons. The van der Waals surface area contributed by atoms with E-state index in [9.17, 15) is 24.5 Å². The van der Waals surface area contributed by atoms with Crippen LogP contribution in [0.15, 0.2) is 54.6 Å². The Labute approximate surface area is 192 Å². The van der Waals surface area contributed by atoms with Crippen molar-refractivity contribution in [1.82, 2.24) is 0 Å². The lowest BCUT2D eigenvalue weighted by Gasteiger charge is -2.45. The molecular weight excluding hydrogens is 423 g/mol. The van der Waals surface area contributed by atoms with Crippen LogP contribution in [0.3, 0.4) is 0 Å². The molecule has 2 fully saturated rings. The van der Waals surface area contributed by atoms with Crippen molar-refractivity contribution in [2.75, 3.05) is 0 Å². The predicted octanol–water partition coefficient (Wildman–Crippen LogP) is 4.25. The number of fused-ring (bicyclic) bond motifs is 2. The van der Waals surface area contributed by atoms with Gasteiger partial charge >= 0.3 is 5.97 Å². The monoisotopic (exact) mass is 452 g/mol. The molecule has 0 amide bonds. The summed E-state index contributed by atoms with van der Waals surface area (Å²) in [5.41, 5.74) is 1.10. The molecular formula is C27H29FO5. The van der Waals surface area contributed by atoms with Crippen LogP contribution in [0.5, 0.6) is 5.75 Å². The van der Waals surface area contributed by atoms with Crippen LogP contribution in [-0.2, 0) is 11.8 Å². The standard InChI is InChI=1S/C27H29FO5/c28-21-5-2-1-4-20(21)27(12-3-13-27)25(30)11-10-18-19-9-8-16-6-7-17(26(31)32)14-23(16)33-24(19)15-22(18)29/h1-2,4-7,10-11,14,18-19,22,24-25,29-30H,3,8-9,12-13,15H2,(H,31,32)/b11-10+/t18-,19-,22-,24+,25?/m1/s1. The summed E-state index contributed by atoms with van der Waals surface area (Å²) in [7, 11) is 0. The average molecular weight is 453 g/mol. The highest BCUT2D eigenvalue weighted by atomic mass is 19.1. The fourth-order valence-electron chi connectivity index (χ4n) is 5.94. The van der Waals surface area contributed by atoms with Gasteiger partial charge in [0.15, 0.2) is 0 Å². The van der Waals surface area contributed by atoms with Crippen molar-refractivity contribution in [2.24, 2.45) is 11.8 Å². The number of ether oxygens (including phenoxy) is 1. The van der Waals surface area contributed by atoms with E-state index in [1.165, 1.54) is 6.07 Å². The van der Waals surface area contributed by atoms with Gasteiger partial charge in [-0.3, -0.25) is 0 Å². The van der Waals surface area contributed by atoms with Crippen LogP contribution >= 0.6 is 0 Å². The van der Waals surface area contributed by atoms with Crippen molar-refractivity contribution in [2.45, 2.75) is 62.3 Å². The maximum absolute atomic E-state index is 14.5. The minimum Gasteiger partial charge on any atom is -0.490 e. The van der Waals surface area contributed by atoms with Crippen molar-refractivity contribution in [3.8, 4) is 5.75 Å². The largest absolute Gasteiger partial charge is 0.490 e. The Kier molecular flexibility index (Phi) is 5.75. The molecule has 0 spiro atoms. The van der Waals surface area contributed by atoms with E-state index >= 15 is 0 Å². The second-order valence-electron chi connectivity index (χ2n) is 9.69. The number of hydrogen-bond donors (Lipinski definition) is 3. The van der Waals surface area contributed by atoms with Gasteiger partial charge in [-0.25, -0.2) is 9.18 Å². The molecule has 2 aromatic rings. The zero-order valence-electron chi connectivity index (χ0n) is 18.4. The van der Waals surface area contributed by atoms with Crippen LogP contribution in [0, 0.1) is 17.7 Å². The topological polar surface area (TPSA) is 87.0 Å². The summed E-state index contributed by atoms with van der Waals surface area (Å²) >= 11 is 0. The first kappa shape index (κ1) is 22.1. The number of hydrogen-bond acceptors (Lipinski definition) is 4. The summed E-state index contributed by atoms with van der Waals surface area (Å²) < 4.78 is 20.7. The number of benzene rings is 2. The third-order valence-electron chi connectivity index (χ3n) is 7.97. The van der Waals surface area contributed by atoms with Crippen LogP contribution in [0.2, 0.25) is 0 Å². The maximum Gasteiger partial charge on any atom is 0.335 e. The number of carboxylic acid groups (broad SMARTS) is 1. The van der Waals surface area contributed by atoms with Gasteiger partial charge in [0.05, 0.1) is 17.8 Å². The van der Waals surface area contributed by atoms with E-state index in [1.54, 1.807) is 42.5 Å². The van der Waals surface area contributed by atoms with Crippen LogP contribution in [-0.4, -0.2) is 39.6 Å². The Morgan fingerprint density at radius 1 is 1.21 bits per heavy atom. The third kappa shape index (κ3) is 3.85. The highest BCUT2D eigenvalue weighted by molar-refractivity contribution is 5.88. The molecule has 5 rings (SSSR count). The van der Waals surface area contributed by atoms with E-state index in [2.05, 4.69) is 0 Å². The maximum atomic E-state index is 14.5. The quantitative estimate of drug-likeness (QED) is 0.591. The second kappa shape index (κ2) is 8.58. The smallest absolute Gasteiger partial charge is 0.335 e. The second-order valence-corrected chi connectivity index (χ2v) is 9.69. The van der Waals surface area contributed by atoms with Crippen molar-refractivity contribution in [3.63, 3.8) is 0 Å². The summed E-state index contributed by atoms with van der Waals surface area (Å²) in [6.07, 6.45) is 6.33. The minimum absolute atomic E-state index is 0.0509. The summed E-state index contributed by atoms with van der Waals surface area (Å²) in [5.74, 6) is -0.845. The molecule has 0 radical (unpaired) electrons. The molecule has 5 atom stereocenters. The van der Waals surface area contributed by atoms with E-state index < -0.39 is 23.6 Å². The van der Waals surface area contributed by atoms with Gasteiger partial charge in [0.1, 0.15) is 17.7 Å². The van der Waals surface area contributed by atoms with Gasteiger partial charge in [-0.15, -0.1) is 0 Å². The molecule has 33 heavy (non-hydrogen) atoms. The Bertz CT molecular complexity index is 1080. The average Bonchev–Trinajstić information content (AvgIpc) is 2.93. The molecule has 2 saturated carbocycles. The van der Waals surface area contributed by atoms with Gasteiger partial charge in [0.2, 0.25) is 0 Å². The SMILES string of the molecule is O=C(O)c1ccc2c(c1)O[C@H]1C[C@@H](O)[C@H](/C=C/C(O)C3(c4ccccc4F)CCC3)[C@H]1CC2. The number of aliphatic hydroxyl groups is 2. The fourth-order valence-corrected chi connectivity index (χ4v) is 5.94. The van der Waals surface area contributed by atoms with Gasteiger partial charge in [-0.1, -0.05) is 42.8 Å². The molecule has 5 nitrogen and oxygen atoms in total. The van der Waals surface area contributed by atoms with Gasteiger partial charge in [0, 0.05) is 23.7 Å². The van der Waals surface area contributed by atoms with Gasteiger partial charge in [-0.05, 0) is 55.0 Å². The zero-order chi connectivity index (χ0) is 23.2. The Morgan fingerprint density at radius 2 is 2.00 bits per heavy atom. The molecule has 0 aromatic heterocycles. The number of carbonyl (C=O) groups is 1. The van der Waals surface area contributed by atoms with Crippen molar-refractivity contribution >= 4 is 5.97 Å². The molecule has 0 saturated heterocycles. The summed E-state index contributed by atoms with van der Waals surface area (Å²) in [4.78, 5) is 11.3. The van der Waals surface area contributed by atoms with Crippen molar-refractivity contribution in [1.29, 1.82) is 0 Å². The number of aliphatic hydroxyl groups excluding tert-OH is 2. The molecule has 2 aliphatic carbocycles. The van der Waals surface area contributed by atoms with E-state index in [0.29, 0.717) is 17.7 Å². The van der Waals surface area contributed by atoms with Crippen molar-refractivity contribution < 1.29 is 29.2 Å². The molecule has 3 N–H and O–H groups in total. The van der Waals surface area contributed by atoms with Gasteiger partial charge in [0.25, 0.3) is 0 Å².